The largest absolute Gasteiger partial charge is 0.352 e. The first-order valence-corrected chi connectivity index (χ1v) is 12.4. The summed E-state index contributed by atoms with van der Waals surface area (Å²) in [6.07, 6.45) is 6.80. The molecule has 5 nitrogen and oxygen atoms in total. The number of carbonyl (C=O) groups excluding carboxylic acids is 1. The molecule has 0 radical (unpaired) electrons. The number of fused-ring (bicyclic) bond motifs is 3. The minimum atomic E-state index is -0.319. The Morgan fingerprint density at radius 2 is 1.90 bits per heavy atom. The van der Waals surface area contributed by atoms with Gasteiger partial charge in [-0.1, -0.05) is 41.0 Å². The maximum Gasteiger partial charge on any atom is 0.228 e. The second-order valence-electron chi connectivity index (χ2n) is 10.1. The summed E-state index contributed by atoms with van der Waals surface area (Å²) in [6.45, 7) is 13.8. The Balaban J connectivity index is 1.66. The third-order valence-electron chi connectivity index (χ3n) is 6.44. The lowest BCUT2D eigenvalue weighted by molar-refractivity contribution is -0.139. The normalized spacial score (nSPS) is 20.0. The third-order valence-corrected chi connectivity index (χ3v) is 7.59. The molecule has 0 bridgehead atoms. The maximum atomic E-state index is 12.7. The number of piperazine rings is 1. The first kappa shape index (κ1) is 21.5. The molecule has 4 rings (SSSR count). The zero-order valence-electron chi connectivity index (χ0n) is 19.3. The zero-order valence-corrected chi connectivity index (χ0v) is 20.1. The highest BCUT2D eigenvalue weighted by Gasteiger charge is 2.32. The molecule has 0 spiro atoms. The highest BCUT2D eigenvalue weighted by atomic mass is 32.1. The zero-order chi connectivity index (χ0) is 21.5. The number of amides is 1. The van der Waals surface area contributed by atoms with E-state index in [1.807, 2.05) is 37.0 Å². The summed E-state index contributed by atoms with van der Waals surface area (Å²) in [5.41, 5.74) is 1.18. The molecule has 2 aliphatic rings. The van der Waals surface area contributed by atoms with Gasteiger partial charge in [-0.3, -0.25) is 4.79 Å². The molecule has 6 heteroatoms. The molecule has 1 aliphatic carbocycles. The average Bonchev–Trinajstić information content (AvgIpc) is 3.07. The molecular formula is C24H36N4OS. The topological polar surface area (TPSA) is 49.3 Å². The summed E-state index contributed by atoms with van der Waals surface area (Å²) in [5, 5.41) is 1.30. The molecule has 3 heterocycles. The van der Waals surface area contributed by atoms with E-state index >= 15 is 0 Å². The molecule has 2 aromatic rings. The van der Waals surface area contributed by atoms with Gasteiger partial charge in [0.15, 0.2) is 0 Å². The molecule has 2 aromatic heterocycles. The van der Waals surface area contributed by atoms with Crippen LogP contribution in [0.5, 0.6) is 0 Å². The summed E-state index contributed by atoms with van der Waals surface area (Å²) in [6, 6.07) is 0. The Morgan fingerprint density at radius 1 is 1.17 bits per heavy atom. The second-order valence-corrected chi connectivity index (χ2v) is 11.2. The Hall–Kier alpha value is -1.69. The molecule has 1 atom stereocenters. The lowest BCUT2D eigenvalue weighted by Gasteiger charge is -2.38. The highest BCUT2D eigenvalue weighted by Crippen LogP contribution is 2.41. The maximum absolute atomic E-state index is 12.7. The minimum Gasteiger partial charge on any atom is -0.352 e. The smallest absolute Gasteiger partial charge is 0.228 e. The van der Waals surface area contributed by atoms with Gasteiger partial charge in [-0.15, -0.1) is 11.3 Å². The number of thiophene rings is 1. The van der Waals surface area contributed by atoms with Gasteiger partial charge >= 0.3 is 0 Å². The Kier molecular flexibility index (Phi) is 6.06. The summed E-state index contributed by atoms with van der Waals surface area (Å²) in [7, 11) is 0. The predicted octanol–water partition coefficient (Wildman–Crippen LogP) is 4.85. The molecule has 0 aromatic carbocycles. The Bertz CT molecular complexity index is 921. The van der Waals surface area contributed by atoms with Crippen LogP contribution in [0.3, 0.4) is 0 Å². The van der Waals surface area contributed by atoms with Crippen LogP contribution in [0.1, 0.15) is 70.1 Å². The quantitative estimate of drug-likeness (QED) is 0.698. The molecule has 0 N–H and O–H groups in total. The van der Waals surface area contributed by atoms with Crippen molar-refractivity contribution in [1.82, 2.24) is 14.9 Å². The lowest BCUT2D eigenvalue weighted by Crippen LogP contribution is -2.52. The molecule has 1 saturated heterocycles. The Labute approximate surface area is 184 Å². The van der Waals surface area contributed by atoms with E-state index in [9.17, 15) is 4.79 Å². The molecule has 30 heavy (non-hydrogen) atoms. The fourth-order valence-corrected chi connectivity index (χ4v) is 6.03. The standard InChI is InChI=1S/C24H36N4OS/c1-6-7-8-19-25-21(27-11-13-28(14-12-27)23(29)24(3,4)5)20-17-10-9-16(2)15-18(17)30-22(20)26-19/h16H,6-15H2,1-5H3/t16-/m0/s1. The number of anilines is 1. The van der Waals surface area contributed by atoms with Crippen molar-refractivity contribution >= 4 is 33.3 Å². The van der Waals surface area contributed by atoms with Crippen molar-refractivity contribution in [2.75, 3.05) is 31.1 Å². The van der Waals surface area contributed by atoms with Crippen LogP contribution in [0.2, 0.25) is 0 Å². The summed E-state index contributed by atoms with van der Waals surface area (Å²) in [4.78, 5) is 29.9. The van der Waals surface area contributed by atoms with E-state index in [1.54, 1.807) is 0 Å². The van der Waals surface area contributed by atoms with Crippen molar-refractivity contribution < 1.29 is 4.79 Å². The Morgan fingerprint density at radius 3 is 2.57 bits per heavy atom. The number of hydrogen-bond donors (Lipinski definition) is 0. The van der Waals surface area contributed by atoms with Crippen LogP contribution in [0.25, 0.3) is 10.2 Å². The molecule has 164 valence electrons. The molecule has 0 saturated carbocycles. The van der Waals surface area contributed by atoms with Gasteiger partial charge in [-0.05, 0) is 37.2 Å². The number of aryl methyl sites for hydroxylation is 2. The van der Waals surface area contributed by atoms with Crippen LogP contribution in [0, 0.1) is 11.3 Å². The number of carbonyl (C=O) groups is 1. The van der Waals surface area contributed by atoms with Gasteiger partial charge in [0.2, 0.25) is 5.91 Å². The highest BCUT2D eigenvalue weighted by molar-refractivity contribution is 7.19. The number of hydrogen-bond acceptors (Lipinski definition) is 5. The summed E-state index contributed by atoms with van der Waals surface area (Å²) in [5.74, 6) is 3.12. The van der Waals surface area contributed by atoms with E-state index in [4.69, 9.17) is 9.97 Å². The van der Waals surface area contributed by atoms with Gasteiger partial charge in [0, 0.05) is 42.9 Å². The lowest BCUT2D eigenvalue weighted by atomic mass is 9.89. The first-order valence-electron chi connectivity index (χ1n) is 11.6. The average molecular weight is 429 g/mol. The SMILES string of the molecule is CCCCc1nc(N2CCN(C(=O)C(C)(C)C)CC2)c2c3c(sc2n1)C[C@@H](C)CC3. The first-order chi connectivity index (χ1) is 14.3. The van der Waals surface area contributed by atoms with Crippen molar-refractivity contribution in [2.45, 2.75) is 73.1 Å². The molecular weight excluding hydrogens is 392 g/mol. The van der Waals surface area contributed by atoms with Gasteiger partial charge < -0.3 is 9.80 Å². The van der Waals surface area contributed by atoms with E-state index < -0.39 is 0 Å². The van der Waals surface area contributed by atoms with Crippen LogP contribution in [-0.4, -0.2) is 47.0 Å². The van der Waals surface area contributed by atoms with Crippen LogP contribution < -0.4 is 4.90 Å². The van der Waals surface area contributed by atoms with Crippen LogP contribution in [-0.2, 0) is 24.1 Å². The third kappa shape index (κ3) is 4.20. The monoisotopic (exact) mass is 428 g/mol. The van der Waals surface area contributed by atoms with Gasteiger partial charge in [0.1, 0.15) is 16.5 Å². The molecule has 0 unspecified atom stereocenters. The van der Waals surface area contributed by atoms with Gasteiger partial charge in [-0.25, -0.2) is 9.97 Å². The fraction of sp³-hybridized carbons (Fsp3) is 0.708. The summed E-state index contributed by atoms with van der Waals surface area (Å²) >= 11 is 1.90. The molecule has 1 fully saturated rings. The van der Waals surface area contributed by atoms with Gasteiger partial charge in [0.05, 0.1) is 5.39 Å². The predicted molar refractivity (Wildman–Crippen MR) is 125 cm³/mol. The van der Waals surface area contributed by atoms with E-state index in [2.05, 4.69) is 18.7 Å². The second kappa shape index (κ2) is 8.45. The summed E-state index contributed by atoms with van der Waals surface area (Å²) < 4.78 is 0. The minimum absolute atomic E-state index is 0.250. The molecule has 1 amide bonds. The van der Waals surface area contributed by atoms with Crippen molar-refractivity contribution in [3.63, 3.8) is 0 Å². The number of rotatable bonds is 4. The van der Waals surface area contributed by atoms with E-state index in [1.165, 1.54) is 33.5 Å². The fourth-order valence-electron chi connectivity index (χ4n) is 4.64. The van der Waals surface area contributed by atoms with E-state index in [0.29, 0.717) is 0 Å². The van der Waals surface area contributed by atoms with Crippen molar-refractivity contribution in [1.29, 1.82) is 0 Å². The van der Waals surface area contributed by atoms with Crippen LogP contribution in [0.15, 0.2) is 0 Å². The van der Waals surface area contributed by atoms with Gasteiger partial charge in [-0.2, -0.15) is 0 Å². The van der Waals surface area contributed by atoms with Crippen LogP contribution >= 0.6 is 11.3 Å². The van der Waals surface area contributed by atoms with E-state index in [-0.39, 0.29) is 11.3 Å². The van der Waals surface area contributed by atoms with Crippen LogP contribution in [0.4, 0.5) is 5.82 Å². The van der Waals surface area contributed by atoms with Gasteiger partial charge in [0.25, 0.3) is 0 Å². The number of aromatic nitrogens is 2. The van der Waals surface area contributed by atoms with E-state index in [0.717, 1.165) is 69.4 Å². The molecule has 1 aliphatic heterocycles. The number of nitrogens with zero attached hydrogens (tertiary/aromatic N) is 4. The van der Waals surface area contributed by atoms with Crippen molar-refractivity contribution in [3.05, 3.63) is 16.3 Å². The van der Waals surface area contributed by atoms with Crippen molar-refractivity contribution in [3.8, 4) is 0 Å². The van der Waals surface area contributed by atoms with Crippen molar-refractivity contribution in [2.24, 2.45) is 11.3 Å². The number of unbranched alkanes of at least 4 members (excludes halogenated alkanes) is 1.